The number of benzene rings is 22. The Labute approximate surface area is 782 Å². The minimum absolute atomic E-state index is 0.0869. The van der Waals surface area contributed by atoms with E-state index in [2.05, 4.69) is 440 Å². The first-order chi connectivity index (χ1) is 67.0. The summed E-state index contributed by atoms with van der Waals surface area (Å²) >= 11 is 0. The van der Waals surface area contributed by atoms with Crippen LogP contribution in [-0.4, -0.2) is 0 Å². The first-order valence-electron chi connectivity index (χ1n) is 47.7. The van der Waals surface area contributed by atoms with Crippen LogP contribution in [0.4, 0.5) is 0 Å². The van der Waals surface area contributed by atoms with E-state index in [1.165, 1.54) is 232 Å². The fourth-order valence-electron chi connectivity index (χ4n) is 27.1. The highest BCUT2D eigenvalue weighted by Crippen LogP contribution is 2.68. The van der Waals surface area contributed by atoms with Crippen LogP contribution < -0.4 is 0 Å². The Balaban J connectivity index is 0.000000132. The van der Waals surface area contributed by atoms with Crippen molar-refractivity contribution in [3.63, 3.8) is 0 Å². The molecule has 4 heteroatoms. The predicted molar refractivity (Wildman–Crippen MR) is 561 cm³/mol. The van der Waals surface area contributed by atoms with E-state index in [-0.39, 0.29) is 10.8 Å². The highest BCUT2D eigenvalue weighted by Gasteiger charge is 2.55. The van der Waals surface area contributed by atoms with Crippen LogP contribution in [0.25, 0.3) is 242 Å². The lowest BCUT2D eigenvalue weighted by Gasteiger charge is -2.30. The molecule has 6 aliphatic carbocycles. The summed E-state index contributed by atoms with van der Waals surface area (Å²) < 4.78 is 27.3. The number of hydrogen-bond donors (Lipinski definition) is 0. The molecule has 32 rings (SSSR count). The zero-order chi connectivity index (χ0) is 89.2. The van der Waals surface area contributed by atoms with E-state index in [0.717, 1.165) is 77.3 Å². The third-order valence-electron chi connectivity index (χ3n) is 32.6. The maximum Gasteiger partial charge on any atom is 0.136 e. The predicted octanol–water partition coefficient (Wildman–Crippen LogP) is 35.6. The van der Waals surface area contributed by atoms with Crippen molar-refractivity contribution in [1.29, 1.82) is 0 Å². The van der Waals surface area contributed by atoms with Gasteiger partial charge < -0.3 is 17.7 Å². The average Bonchev–Trinajstić information content (AvgIpc) is 1.50. The highest BCUT2D eigenvalue weighted by molar-refractivity contribution is 6.28. The van der Waals surface area contributed by atoms with E-state index in [4.69, 9.17) is 17.7 Å². The molecule has 2 spiro atoms. The van der Waals surface area contributed by atoms with Crippen molar-refractivity contribution in [2.75, 3.05) is 0 Å². The molecule has 0 radical (unpaired) electrons. The van der Waals surface area contributed by atoms with Crippen molar-refractivity contribution in [2.24, 2.45) is 0 Å². The summed E-state index contributed by atoms with van der Waals surface area (Å²) in [5.41, 5.74) is 47.4. The fourth-order valence-corrected chi connectivity index (χ4v) is 27.1. The molecule has 26 aromatic rings. The van der Waals surface area contributed by atoms with Gasteiger partial charge in [0.1, 0.15) is 44.7 Å². The molecule has 0 atom stereocenters. The molecular weight excluding hydrogens is 1650 g/mol. The maximum absolute atomic E-state index is 7.02. The fraction of sp³-hybridized carbons (Fsp3) is 0.0606. The van der Waals surface area contributed by atoms with Gasteiger partial charge >= 0.3 is 0 Å². The van der Waals surface area contributed by atoms with Crippen molar-refractivity contribution in [3.05, 3.63) is 479 Å². The number of furan rings is 4. The molecule has 22 aromatic carbocycles. The van der Waals surface area contributed by atoms with Crippen LogP contribution >= 0.6 is 0 Å². The molecule has 0 bridgehead atoms. The molecule has 0 N–H and O–H groups in total. The van der Waals surface area contributed by atoms with Gasteiger partial charge in [0.2, 0.25) is 0 Å². The van der Waals surface area contributed by atoms with Crippen molar-refractivity contribution in [1.82, 2.24) is 0 Å². The second kappa shape index (κ2) is 26.5. The zero-order valence-electron chi connectivity index (χ0n) is 74.9. The Morgan fingerprint density at radius 3 is 0.662 bits per heavy atom. The zero-order valence-corrected chi connectivity index (χ0v) is 74.9. The first kappa shape index (κ1) is 74.7. The molecule has 0 fully saturated rings. The molecule has 0 saturated carbocycles. The number of hydrogen-bond acceptors (Lipinski definition) is 4. The van der Waals surface area contributed by atoms with Gasteiger partial charge in [0.05, 0.1) is 10.8 Å². The molecule has 632 valence electrons. The molecule has 136 heavy (non-hydrogen) atoms. The minimum atomic E-state index is -0.420. The van der Waals surface area contributed by atoms with E-state index in [9.17, 15) is 0 Å². The topological polar surface area (TPSA) is 52.6 Å². The van der Waals surface area contributed by atoms with E-state index in [0.29, 0.717) is 0 Å². The van der Waals surface area contributed by atoms with Crippen LogP contribution in [-0.2, 0) is 21.7 Å². The van der Waals surface area contributed by atoms with Crippen LogP contribution in [0.3, 0.4) is 0 Å². The van der Waals surface area contributed by atoms with Crippen LogP contribution in [0.1, 0.15) is 94.5 Å². The molecule has 0 amide bonds. The van der Waals surface area contributed by atoms with Gasteiger partial charge in [-0.15, -0.1) is 0 Å². The van der Waals surface area contributed by atoms with Crippen molar-refractivity contribution in [3.8, 4) is 111 Å². The SMILES string of the molecule is CC1(C)c2ccccc2-c2c1ccc1oc3ccc(-c4c5ccccc5c(-c5ccc6oc7ccc8c(c7c6c5)-c5ccccc5C8(C)C)c5ccccc45)cc3c21.c1ccc2c(c1)-c1ccccc1C21c2ccccc2-c2c1ccc1oc3cc(-c4c5ccccc5c(-c5ccc6c(c5)oc5ccc7c(c56)-c5ccccc5C75c6ccccc6-c6ccccc65)c5ccccc45)ccc3c21. The quantitative estimate of drug-likeness (QED) is 0.165. The standard InChI is InChI=1S/C76H42O2.C56H38O2/c1-2-22-50-49(21-1)69(43-33-35-55-67(41-43)77-65-39-37-63-71(73(55)65)53-25-9-15-31-61(53)75(63)57-27-11-5-17-45(57)46-18-6-12-28-58(46)75)51-23-3-4-24-52(51)70(50)44-34-36-56-68(42-44)78-66-40-38-64-72(74(56)66)54-26-10-16-32-62(54)76(64)59-29-13-7-19-47(59)48-20-8-14-30-60(48)76;1-55(2)41-19-11-9-17-37(41)51-43(55)23-27-47-53(51)39-29-31(21-25-45(39)57-47)49-33-13-5-7-15-35(33)50(36-16-8-6-14-34(36)49)32-22-26-46-40(30-32)54-48(58-46)28-24-44-52(54)38-18-10-12-20-42(38)56(44,3)4/h1-42H;5-30H,1-4H3. The molecule has 0 unspecified atom stereocenters. The summed E-state index contributed by atoms with van der Waals surface area (Å²) in [6.45, 7) is 9.37. The van der Waals surface area contributed by atoms with E-state index >= 15 is 0 Å². The second-order valence-electron chi connectivity index (χ2n) is 39.5. The van der Waals surface area contributed by atoms with Gasteiger partial charge in [0, 0.05) is 53.9 Å². The summed E-state index contributed by atoms with van der Waals surface area (Å²) in [6.07, 6.45) is 0. The lowest BCUT2D eigenvalue weighted by atomic mass is 9.70. The van der Waals surface area contributed by atoms with E-state index in [1.807, 2.05) is 0 Å². The van der Waals surface area contributed by atoms with Gasteiger partial charge in [-0.3, -0.25) is 0 Å². The van der Waals surface area contributed by atoms with Gasteiger partial charge in [-0.2, -0.15) is 0 Å². The molecular formula is C132H80O4. The summed E-state index contributed by atoms with van der Waals surface area (Å²) in [5, 5.41) is 19.0. The normalized spacial score (nSPS) is 14.6. The number of rotatable bonds is 4. The Kier molecular flexibility index (Phi) is 14.6. The minimum Gasteiger partial charge on any atom is -0.456 e. The van der Waals surface area contributed by atoms with Crippen LogP contribution in [0, 0.1) is 0 Å². The van der Waals surface area contributed by atoms with Crippen LogP contribution in [0.15, 0.2) is 430 Å². The van der Waals surface area contributed by atoms with Crippen LogP contribution in [0.2, 0.25) is 0 Å². The largest absolute Gasteiger partial charge is 0.456 e. The Bertz CT molecular complexity index is 9200. The lowest BCUT2D eigenvalue weighted by Crippen LogP contribution is -2.25. The maximum atomic E-state index is 7.02. The monoisotopic (exact) mass is 1730 g/mol. The molecule has 4 aromatic heterocycles. The third-order valence-corrected chi connectivity index (χ3v) is 32.6. The molecule has 0 saturated heterocycles. The van der Waals surface area contributed by atoms with Crippen molar-refractivity contribution < 1.29 is 17.7 Å². The molecule has 4 heterocycles. The van der Waals surface area contributed by atoms with Gasteiger partial charge in [0.15, 0.2) is 0 Å². The summed E-state index contributed by atoms with van der Waals surface area (Å²) in [6, 6.07) is 153. The number of fused-ring (bicyclic) bond motifs is 46. The van der Waals surface area contributed by atoms with Gasteiger partial charge in [-0.1, -0.05) is 367 Å². The smallest absolute Gasteiger partial charge is 0.136 e. The van der Waals surface area contributed by atoms with Gasteiger partial charge in [0.25, 0.3) is 0 Å². The third kappa shape index (κ3) is 9.34. The molecule has 6 aliphatic rings. The lowest BCUT2D eigenvalue weighted by molar-refractivity contribution is 0.656. The van der Waals surface area contributed by atoms with Gasteiger partial charge in [-0.05, 0) is 294 Å². The van der Waals surface area contributed by atoms with Crippen LogP contribution in [0.5, 0.6) is 0 Å². The summed E-state index contributed by atoms with van der Waals surface area (Å²) in [5.74, 6) is 0. The Morgan fingerprint density at radius 2 is 0.353 bits per heavy atom. The summed E-state index contributed by atoms with van der Waals surface area (Å²) in [4.78, 5) is 0. The Morgan fingerprint density at radius 1 is 0.140 bits per heavy atom. The van der Waals surface area contributed by atoms with Crippen molar-refractivity contribution >= 4 is 131 Å². The Hall–Kier alpha value is -16.9. The van der Waals surface area contributed by atoms with E-state index in [1.54, 1.807) is 0 Å². The molecule has 4 nitrogen and oxygen atoms in total. The van der Waals surface area contributed by atoms with Gasteiger partial charge in [-0.25, -0.2) is 0 Å². The van der Waals surface area contributed by atoms with Crippen molar-refractivity contribution in [2.45, 2.75) is 49.4 Å². The average molecular weight is 1730 g/mol. The highest BCUT2D eigenvalue weighted by atomic mass is 16.3. The second-order valence-corrected chi connectivity index (χ2v) is 39.5. The van der Waals surface area contributed by atoms with E-state index < -0.39 is 10.8 Å². The first-order valence-corrected chi connectivity index (χ1v) is 47.7. The summed E-state index contributed by atoms with van der Waals surface area (Å²) in [7, 11) is 0. The molecule has 0 aliphatic heterocycles.